The average molecular weight is 633 g/mol. The van der Waals surface area contributed by atoms with Crippen molar-refractivity contribution in [2.75, 3.05) is 56.5 Å². The molecule has 0 spiro atoms. The zero-order valence-electron chi connectivity index (χ0n) is 23.4. The molecule has 0 aliphatic carbocycles. The topological polar surface area (TPSA) is 97.5 Å². The molecular formula is C30H36Cl3N7O2. The standard InChI is InChI=1S/C30H33N7O2.3ClH/c1-35-12-14-36(15-13-35)25-9-10-31-28(18-25)30(39)37-11-3-5-23(19-37)29(38)34-24-6-2-4-21(16-24)22-7-8-26-27(17-22)33-20-32-26;;;/h2,4,6-10,16-18,20,23H,3,5,11-15,19H2,1H3,(H,32,33)(H,34,38);3*1H/t23-;;;/m0.../s1. The molecule has 12 heteroatoms. The number of piperazine rings is 1. The molecule has 0 bridgehead atoms. The van der Waals surface area contributed by atoms with E-state index in [1.54, 1.807) is 17.4 Å². The van der Waals surface area contributed by atoms with Gasteiger partial charge in [-0.25, -0.2) is 4.98 Å². The Kier molecular flexibility index (Phi) is 11.6. The molecule has 42 heavy (non-hydrogen) atoms. The fraction of sp³-hybridized carbons (Fsp3) is 0.333. The Hall–Kier alpha value is -3.37. The first kappa shape index (κ1) is 33.1. The summed E-state index contributed by atoms with van der Waals surface area (Å²) in [5.41, 5.74) is 6.15. The number of H-pyrrole nitrogens is 1. The molecule has 4 heterocycles. The van der Waals surface area contributed by atoms with Crippen molar-refractivity contribution in [1.29, 1.82) is 0 Å². The lowest BCUT2D eigenvalue weighted by Crippen LogP contribution is -2.45. The minimum atomic E-state index is -0.270. The Morgan fingerprint density at radius 1 is 0.905 bits per heavy atom. The molecule has 2 fully saturated rings. The summed E-state index contributed by atoms with van der Waals surface area (Å²) in [4.78, 5) is 44.8. The van der Waals surface area contributed by atoms with Crippen LogP contribution in [0.25, 0.3) is 22.2 Å². The van der Waals surface area contributed by atoms with E-state index in [1.807, 2.05) is 48.5 Å². The van der Waals surface area contributed by atoms with Crippen molar-refractivity contribution in [3.8, 4) is 11.1 Å². The third-order valence-corrected chi connectivity index (χ3v) is 7.79. The molecule has 6 rings (SSSR count). The minimum Gasteiger partial charge on any atom is -0.369 e. The number of halogens is 3. The van der Waals surface area contributed by atoms with Crippen LogP contribution < -0.4 is 10.2 Å². The number of benzene rings is 2. The molecule has 0 radical (unpaired) electrons. The second-order valence-electron chi connectivity index (χ2n) is 10.5. The molecule has 2 aromatic carbocycles. The number of amides is 2. The molecule has 2 aliphatic rings. The van der Waals surface area contributed by atoms with Crippen molar-refractivity contribution in [3.05, 3.63) is 72.8 Å². The number of aromatic nitrogens is 3. The van der Waals surface area contributed by atoms with Crippen LogP contribution in [-0.4, -0.2) is 82.9 Å². The average Bonchev–Trinajstić information content (AvgIpc) is 3.46. The van der Waals surface area contributed by atoms with E-state index in [4.69, 9.17) is 0 Å². The number of nitrogens with one attached hydrogen (secondary N) is 2. The van der Waals surface area contributed by atoms with Gasteiger partial charge in [-0.05, 0) is 67.4 Å². The van der Waals surface area contributed by atoms with Crippen molar-refractivity contribution in [2.45, 2.75) is 12.8 Å². The summed E-state index contributed by atoms with van der Waals surface area (Å²) in [5, 5.41) is 3.09. The maximum absolute atomic E-state index is 13.4. The van der Waals surface area contributed by atoms with Gasteiger partial charge in [0.1, 0.15) is 5.69 Å². The summed E-state index contributed by atoms with van der Waals surface area (Å²) < 4.78 is 0. The lowest BCUT2D eigenvalue weighted by Gasteiger charge is -2.34. The number of piperidine rings is 1. The van der Waals surface area contributed by atoms with Crippen molar-refractivity contribution >= 4 is 71.4 Å². The summed E-state index contributed by atoms with van der Waals surface area (Å²) in [6.45, 7) is 4.88. The number of hydrogen-bond donors (Lipinski definition) is 2. The molecule has 2 aliphatic heterocycles. The van der Waals surface area contributed by atoms with E-state index in [2.05, 4.69) is 43.2 Å². The molecule has 4 aromatic rings. The first-order chi connectivity index (χ1) is 19.0. The zero-order valence-corrected chi connectivity index (χ0v) is 25.8. The number of fused-ring (bicyclic) bond motifs is 1. The number of likely N-dealkylation sites (N-methyl/N-ethyl adjacent to an activating group) is 1. The van der Waals surface area contributed by atoms with Gasteiger partial charge >= 0.3 is 0 Å². The van der Waals surface area contributed by atoms with Crippen LogP contribution in [0.1, 0.15) is 23.3 Å². The summed E-state index contributed by atoms with van der Waals surface area (Å²) in [6.07, 6.45) is 4.93. The first-order valence-electron chi connectivity index (χ1n) is 13.6. The maximum atomic E-state index is 13.4. The summed E-state index contributed by atoms with van der Waals surface area (Å²) >= 11 is 0. The van der Waals surface area contributed by atoms with Crippen LogP contribution in [0, 0.1) is 5.92 Å². The van der Waals surface area contributed by atoms with E-state index in [-0.39, 0.29) is 55.0 Å². The zero-order chi connectivity index (χ0) is 26.8. The lowest BCUT2D eigenvalue weighted by atomic mass is 9.96. The van der Waals surface area contributed by atoms with E-state index in [0.717, 1.165) is 72.6 Å². The first-order valence-corrected chi connectivity index (χ1v) is 13.6. The number of carbonyl (C=O) groups is 2. The molecule has 2 N–H and O–H groups in total. The monoisotopic (exact) mass is 631 g/mol. The smallest absolute Gasteiger partial charge is 0.272 e. The van der Waals surface area contributed by atoms with Gasteiger partial charge in [-0.2, -0.15) is 0 Å². The van der Waals surface area contributed by atoms with Gasteiger partial charge in [0, 0.05) is 56.8 Å². The highest BCUT2D eigenvalue weighted by Crippen LogP contribution is 2.27. The number of likely N-dealkylation sites (tertiary alicyclic amines) is 1. The third kappa shape index (κ3) is 7.33. The van der Waals surface area contributed by atoms with Gasteiger partial charge in [-0.15, -0.1) is 37.2 Å². The van der Waals surface area contributed by atoms with E-state index >= 15 is 0 Å². The van der Waals surface area contributed by atoms with Gasteiger partial charge in [0.05, 0.1) is 23.3 Å². The largest absolute Gasteiger partial charge is 0.369 e. The number of pyridine rings is 1. The van der Waals surface area contributed by atoms with Crippen molar-refractivity contribution < 1.29 is 9.59 Å². The number of aromatic amines is 1. The minimum absolute atomic E-state index is 0. The highest BCUT2D eigenvalue weighted by atomic mass is 35.5. The quantitative estimate of drug-likeness (QED) is 0.317. The number of nitrogens with zero attached hydrogens (tertiary/aromatic N) is 5. The molecular weight excluding hydrogens is 597 g/mol. The molecule has 9 nitrogen and oxygen atoms in total. The molecule has 2 aromatic heterocycles. The van der Waals surface area contributed by atoms with E-state index < -0.39 is 0 Å². The Balaban J connectivity index is 0.00000161. The maximum Gasteiger partial charge on any atom is 0.272 e. The Morgan fingerprint density at radius 3 is 2.50 bits per heavy atom. The van der Waals surface area contributed by atoms with Gasteiger partial charge in [-0.1, -0.05) is 18.2 Å². The molecule has 2 saturated heterocycles. The number of hydrogen-bond acceptors (Lipinski definition) is 6. The Labute approximate surface area is 264 Å². The summed E-state index contributed by atoms with van der Waals surface area (Å²) in [7, 11) is 2.13. The predicted molar refractivity (Wildman–Crippen MR) is 174 cm³/mol. The van der Waals surface area contributed by atoms with Gasteiger partial charge in [0.15, 0.2) is 0 Å². The number of anilines is 2. The predicted octanol–water partition coefficient (Wildman–Crippen LogP) is 5.13. The fourth-order valence-electron chi connectivity index (χ4n) is 5.47. The Morgan fingerprint density at radius 2 is 1.69 bits per heavy atom. The van der Waals surface area contributed by atoms with Gasteiger partial charge in [-0.3, -0.25) is 14.6 Å². The van der Waals surface area contributed by atoms with Crippen LogP contribution in [0.15, 0.2) is 67.1 Å². The van der Waals surface area contributed by atoms with Crippen LogP contribution >= 0.6 is 37.2 Å². The van der Waals surface area contributed by atoms with E-state index in [0.29, 0.717) is 18.8 Å². The number of carbonyl (C=O) groups excluding carboxylic acids is 2. The highest BCUT2D eigenvalue weighted by molar-refractivity contribution is 5.96. The van der Waals surface area contributed by atoms with Gasteiger partial charge in [0.25, 0.3) is 5.91 Å². The van der Waals surface area contributed by atoms with Crippen LogP contribution in [0.3, 0.4) is 0 Å². The molecule has 224 valence electrons. The van der Waals surface area contributed by atoms with Gasteiger partial charge < -0.3 is 25.0 Å². The van der Waals surface area contributed by atoms with Crippen molar-refractivity contribution in [2.24, 2.45) is 5.92 Å². The molecule has 2 amide bonds. The second-order valence-corrected chi connectivity index (χ2v) is 10.5. The normalized spacial score (nSPS) is 17.0. The molecule has 1 atom stereocenters. The number of imidazole rings is 1. The Bertz CT molecular complexity index is 1510. The summed E-state index contributed by atoms with van der Waals surface area (Å²) in [5.74, 6) is -0.444. The SMILES string of the molecule is CN1CCN(c2ccnc(C(=O)N3CCC[C@H](C(=O)Nc4cccc(-c5ccc6nc[nH]c6c5)c4)C3)c2)CC1.Cl.Cl.Cl. The third-order valence-electron chi connectivity index (χ3n) is 7.79. The van der Waals surface area contributed by atoms with Crippen LogP contribution in [-0.2, 0) is 4.79 Å². The van der Waals surface area contributed by atoms with Crippen molar-refractivity contribution in [1.82, 2.24) is 24.8 Å². The fourth-order valence-corrected chi connectivity index (χ4v) is 5.47. The van der Waals surface area contributed by atoms with Gasteiger partial charge in [0.2, 0.25) is 5.91 Å². The van der Waals surface area contributed by atoms with Crippen LogP contribution in [0.2, 0.25) is 0 Å². The summed E-state index contributed by atoms with van der Waals surface area (Å²) in [6, 6.07) is 17.8. The van der Waals surface area contributed by atoms with E-state index in [9.17, 15) is 9.59 Å². The van der Waals surface area contributed by atoms with Crippen LogP contribution in [0.5, 0.6) is 0 Å². The lowest BCUT2D eigenvalue weighted by molar-refractivity contribution is -0.121. The van der Waals surface area contributed by atoms with E-state index in [1.165, 1.54) is 0 Å². The number of rotatable bonds is 5. The molecule has 0 unspecified atom stereocenters. The van der Waals surface area contributed by atoms with Crippen molar-refractivity contribution in [3.63, 3.8) is 0 Å². The highest BCUT2D eigenvalue weighted by Gasteiger charge is 2.30. The molecule has 0 saturated carbocycles. The van der Waals surface area contributed by atoms with Crippen LogP contribution in [0.4, 0.5) is 11.4 Å². The second kappa shape index (κ2) is 14.7.